The number of thiophene rings is 1. The highest BCUT2D eigenvalue weighted by molar-refractivity contribution is 7.12. The Balaban J connectivity index is 1.41. The van der Waals surface area contributed by atoms with Crippen molar-refractivity contribution in [1.29, 1.82) is 0 Å². The van der Waals surface area contributed by atoms with Gasteiger partial charge in [-0.2, -0.15) is 0 Å². The molecule has 8 heteroatoms. The Morgan fingerprint density at radius 2 is 1.77 bits per heavy atom. The van der Waals surface area contributed by atoms with Crippen LogP contribution in [0.4, 0.5) is 5.69 Å². The van der Waals surface area contributed by atoms with Crippen LogP contribution >= 0.6 is 11.3 Å². The van der Waals surface area contributed by atoms with Crippen LogP contribution in [-0.2, 0) is 6.54 Å². The summed E-state index contributed by atoms with van der Waals surface area (Å²) in [6.45, 7) is 2.80. The van der Waals surface area contributed by atoms with Gasteiger partial charge in [-0.1, -0.05) is 18.2 Å². The number of hydrogen-bond acceptors (Lipinski definition) is 6. The van der Waals surface area contributed by atoms with E-state index in [0.717, 1.165) is 11.3 Å². The highest BCUT2D eigenvalue weighted by Gasteiger charge is 2.20. The molecular formula is C27H25N3O4S. The van der Waals surface area contributed by atoms with E-state index in [4.69, 9.17) is 9.47 Å². The Labute approximate surface area is 208 Å². The molecule has 1 N–H and O–H groups in total. The van der Waals surface area contributed by atoms with Crippen molar-refractivity contribution >= 4 is 28.8 Å². The third-order valence-corrected chi connectivity index (χ3v) is 6.01. The molecule has 0 aliphatic rings. The van der Waals surface area contributed by atoms with Crippen molar-refractivity contribution in [2.24, 2.45) is 0 Å². The summed E-state index contributed by atoms with van der Waals surface area (Å²) in [6.07, 6.45) is 1.63. The first-order chi connectivity index (χ1) is 17.0. The highest BCUT2D eigenvalue weighted by atomic mass is 32.1. The molecule has 0 aliphatic heterocycles. The molecule has 2 aromatic carbocycles. The van der Waals surface area contributed by atoms with Gasteiger partial charge in [0, 0.05) is 25.9 Å². The van der Waals surface area contributed by atoms with Gasteiger partial charge in [0.15, 0.2) is 0 Å². The molecule has 0 spiro atoms. The molecule has 0 aliphatic carbocycles. The number of carbonyl (C=O) groups excluding carboxylic acids is 2. The summed E-state index contributed by atoms with van der Waals surface area (Å²) in [5, 5.41) is 4.77. The standard InChI is InChI=1S/C27H25N3O4S/c1-3-33-20-10-12-21(13-11-20)34-25-17-19(14-15-28-25)18-29-26(31)22-7-4-5-8-23(22)30(2)27(32)24-9-6-16-35-24/h4-17H,3,18H2,1-2H3,(H,29,31). The first-order valence-electron chi connectivity index (χ1n) is 11.1. The van der Waals surface area contributed by atoms with Gasteiger partial charge in [0.05, 0.1) is 22.7 Å². The maximum absolute atomic E-state index is 13.0. The number of aromatic nitrogens is 1. The van der Waals surface area contributed by atoms with Gasteiger partial charge in [0.1, 0.15) is 11.5 Å². The molecule has 2 amide bonds. The van der Waals surface area contributed by atoms with Crippen molar-refractivity contribution in [2.75, 3.05) is 18.6 Å². The minimum Gasteiger partial charge on any atom is -0.494 e. The van der Waals surface area contributed by atoms with Crippen molar-refractivity contribution in [1.82, 2.24) is 10.3 Å². The molecule has 178 valence electrons. The van der Waals surface area contributed by atoms with E-state index in [1.807, 2.05) is 48.7 Å². The molecule has 0 saturated heterocycles. The van der Waals surface area contributed by atoms with Crippen molar-refractivity contribution in [3.05, 3.63) is 100 Å². The zero-order valence-corrected chi connectivity index (χ0v) is 20.2. The van der Waals surface area contributed by atoms with Gasteiger partial charge in [-0.05, 0) is 66.4 Å². The smallest absolute Gasteiger partial charge is 0.268 e. The Bertz CT molecular complexity index is 1290. The topological polar surface area (TPSA) is 80.8 Å². The maximum atomic E-state index is 13.0. The van der Waals surface area contributed by atoms with E-state index in [-0.39, 0.29) is 18.4 Å². The predicted molar refractivity (Wildman–Crippen MR) is 137 cm³/mol. The SMILES string of the molecule is CCOc1ccc(Oc2cc(CNC(=O)c3ccccc3N(C)C(=O)c3cccs3)ccn2)cc1. The molecule has 0 fully saturated rings. The minimum absolute atomic E-state index is 0.162. The number of ether oxygens (including phenoxy) is 2. The van der Waals surface area contributed by atoms with E-state index >= 15 is 0 Å². The maximum Gasteiger partial charge on any atom is 0.268 e. The number of para-hydroxylation sites is 1. The van der Waals surface area contributed by atoms with Crippen LogP contribution in [0.25, 0.3) is 0 Å². The summed E-state index contributed by atoms with van der Waals surface area (Å²) in [7, 11) is 1.67. The molecule has 7 nitrogen and oxygen atoms in total. The van der Waals surface area contributed by atoms with Gasteiger partial charge in [-0.15, -0.1) is 11.3 Å². The summed E-state index contributed by atoms with van der Waals surface area (Å²) in [6, 6.07) is 21.5. The van der Waals surface area contributed by atoms with Crippen LogP contribution in [0.1, 0.15) is 32.5 Å². The molecule has 2 heterocycles. The van der Waals surface area contributed by atoms with Gasteiger partial charge >= 0.3 is 0 Å². The van der Waals surface area contributed by atoms with E-state index < -0.39 is 0 Å². The van der Waals surface area contributed by atoms with Crippen molar-refractivity contribution in [2.45, 2.75) is 13.5 Å². The number of pyridine rings is 1. The second kappa shape index (κ2) is 11.3. The second-order valence-corrected chi connectivity index (χ2v) is 8.50. The number of rotatable bonds is 9. The molecule has 4 aromatic rings. The zero-order valence-electron chi connectivity index (χ0n) is 19.4. The third-order valence-electron chi connectivity index (χ3n) is 5.16. The number of nitrogens with one attached hydrogen (secondary N) is 1. The molecule has 0 atom stereocenters. The van der Waals surface area contributed by atoms with Crippen LogP contribution in [0.3, 0.4) is 0 Å². The predicted octanol–water partition coefficient (Wildman–Crippen LogP) is 5.54. The number of benzene rings is 2. The molecule has 35 heavy (non-hydrogen) atoms. The van der Waals surface area contributed by atoms with Crippen LogP contribution in [-0.4, -0.2) is 30.5 Å². The fourth-order valence-electron chi connectivity index (χ4n) is 3.42. The number of anilines is 1. The van der Waals surface area contributed by atoms with Gasteiger partial charge in [0.2, 0.25) is 5.88 Å². The summed E-state index contributed by atoms with van der Waals surface area (Å²) in [5.74, 6) is 1.38. The van der Waals surface area contributed by atoms with Crippen LogP contribution in [0.15, 0.2) is 84.4 Å². The van der Waals surface area contributed by atoms with Gasteiger partial charge in [-0.25, -0.2) is 4.98 Å². The van der Waals surface area contributed by atoms with Gasteiger partial charge < -0.3 is 19.7 Å². The normalized spacial score (nSPS) is 10.5. The molecule has 0 bridgehead atoms. The highest BCUT2D eigenvalue weighted by Crippen LogP contribution is 2.24. The Kier molecular flexibility index (Phi) is 7.74. The Morgan fingerprint density at radius 3 is 2.51 bits per heavy atom. The zero-order chi connectivity index (χ0) is 24.6. The Morgan fingerprint density at radius 1 is 1.00 bits per heavy atom. The number of hydrogen-bond donors (Lipinski definition) is 1. The lowest BCUT2D eigenvalue weighted by Crippen LogP contribution is -2.30. The van der Waals surface area contributed by atoms with Crippen LogP contribution in [0.5, 0.6) is 17.4 Å². The van der Waals surface area contributed by atoms with E-state index in [0.29, 0.717) is 34.4 Å². The average Bonchev–Trinajstić information content (AvgIpc) is 3.43. The average molecular weight is 488 g/mol. The first-order valence-corrected chi connectivity index (χ1v) is 12.0. The van der Waals surface area contributed by atoms with Crippen LogP contribution in [0, 0.1) is 0 Å². The summed E-state index contributed by atoms with van der Waals surface area (Å²) >= 11 is 1.36. The quantitative estimate of drug-likeness (QED) is 0.335. The van der Waals surface area contributed by atoms with E-state index in [1.54, 1.807) is 49.6 Å². The third kappa shape index (κ3) is 6.04. The Hall–Kier alpha value is -4.17. The van der Waals surface area contributed by atoms with Crippen molar-refractivity contribution < 1.29 is 19.1 Å². The van der Waals surface area contributed by atoms with Crippen LogP contribution < -0.4 is 19.7 Å². The first kappa shape index (κ1) is 24.0. The van der Waals surface area contributed by atoms with Crippen molar-refractivity contribution in [3.8, 4) is 17.4 Å². The number of nitrogens with zero attached hydrogens (tertiary/aromatic N) is 2. The summed E-state index contributed by atoms with van der Waals surface area (Å²) < 4.78 is 11.3. The lowest BCUT2D eigenvalue weighted by molar-refractivity contribution is 0.0951. The van der Waals surface area contributed by atoms with Gasteiger partial charge in [0.25, 0.3) is 11.8 Å². The fraction of sp³-hybridized carbons (Fsp3) is 0.148. The van der Waals surface area contributed by atoms with E-state index in [9.17, 15) is 9.59 Å². The lowest BCUT2D eigenvalue weighted by atomic mass is 10.1. The molecule has 0 unspecified atom stereocenters. The minimum atomic E-state index is -0.280. The van der Waals surface area contributed by atoms with Crippen LogP contribution in [0.2, 0.25) is 0 Å². The summed E-state index contributed by atoms with van der Waals surface area (Å²) in [5.41, 5.74) is 1.78. The number of carbonyl (C=O) groups is 2. The van der Waals surface area contributed by atoms with E-state index in [2.05, 4.69) is 10.3 Å². The fourth-order valence-corrected chi connectivity index (χ4v) is 4.12. The molecule has 0 saturated carbocycles. The van der Waals surface area contributed by atoms with Gasteiger partial charge in [-0.3, -0.25) is 9.59 Å². The molecule has 2 aromatic heterocycles. The molecular weight excluding hydrogens is 462 g/mol. The lowest BCUT2D eigenvalue weighted by Gasteiger charge is -2.20. The van der Waals surface area contributed by atoms with Crippen molar-refractivity contribution in [3.63, 3.8) is 0 Å². The van der Waals surface area contributed by atoms with E-state index in [1.165, 1.54) is 16.2 Å². The largest absolute Gasteiger partial charge is 0.494 e. The summed E-state index contributed by atoms with van der Waals surface area (Å²) in [4.78, 5) is 32.1. The second-order valence-electron chi connectivity index (χ2n) is 7.55. The molecule has 0 radical (unpaired) electrons. The molecule has 4 rings (SSSR count). The number of amides is 2. The monoisotopic (exact) mass is 487 g/mol.